The number of benzene rings is 3. The molecule has 4 aromatic rings. The smallest absolute Gasteiger partial charge is 0.424 e. The number of carbonyl (C=O) groups is 5. The van der Waals surface area contributed by atoms with Crippen molar-refractivity contribution < 1.29 is 42.7 Å². The first kappa shape index (κ1) is 52.6. The number of carboxylic acid groups (broad SMARTS) is 1. The highest BCUT2D eigenvalue weighted by atomic mass is 28.4. The van der Waals surface area contributed by atoms with Crippen LogP contribution < -0.4 is 16.0 Å². The molecule has 0 saturated heterocycles. The summed E-state index contributed by atoms with van der Waals surface area (Å²) < 4.78 is 21.3. The maximum Gasteiger partial charge on any atom is 0.424 e. The normalized spacial score (nSPS) is 14.0. The summed E-state index contributed by atoms with van der Waals surface area (Å²) in [6, 6.07) is 26.4. The monoisotopic (exact) mass is 956 g/mol. The Morgan fingerprint density at radius 3 is 1.73 bits per heavy atom. The van der Waals surface area contributed by atoms with E-state index in [4.69, 9.17) is 13.6 Å². The van der Waals surface area contributed by atoms with E-state index in [0.717, 1.165) is 38.9 Å². The molecule has 1 heterocycles. The maximum atomic E-state index is 14.2. The van der Waals surface area contributed by atoms with E-state index >= 15 is 0 Å². The van der Waals surface area contributed by atoms with Gasteiger partial charge in [0, 0.05) is 63.8 Å². The molecule has 0 spiro atoms. The molecule has 15 nitrogen and oxygen atoms in total. The Balaban J connectivity index is 1.21. The molecular formula is C50H72N6O9Si2. The highest BCUT2D eigenvalue weighted by Gasteiger charge is 2.49. The van der Waals surface area contributed by atoms with Crippen molar-refractivity contribution in [2.45, 2.75) is 122 Å². The average molecular weight is 957 g/mol. The predicted molar refractivity (Wildman–Crippen MR) is 266 cm³/mol. The molecule has 4 amide bonds. The lowest BCUT2D eigenvalue weighted by molar-refractivity contribution is -0.144. The first-order valence-electron chi connectivity index (χ1n) is 23.1. The van der Waals surface area contributed by atoms with Crippen LogP contribution in [0.4, 0.5) is 4.79 Å². The maximum absolute atomic E-state index is 14.2. The Morgan fingerprint density at radius 1 is 0.701 bits per heavy atom. The minimum Gasteiger partial charge on any atom is -0.481 e. The van der Waals surface area contributed by atoms with E-state index in [0.29, 0.717) is 13.1 Å². The molecule has 364 valence electrons. The van der Waals surface area contributed by atoms with E-state index < -0.39 is 52.7 Å². The zero-order chi connectivity index (χ0) is 49.5. The van der Waals surface area contributed by atoms with Gasteiger partial charge in [-0.15, -0.1) is 0 Å². The van der Waals surface area contributed by atoms with Gasteiger partial charge in [-0.25, -0.2) is 14.8 Å². The molecular weight excluding hydrogens is 885 g/mol. The van der Waals surface area contributed by atoms with E-state index in [2.05, 4.69) is 50.8 Å². The number of para-hydroxylation sites is 1. The fraction of sp³-hybridized carbons (Fsp3) is 0.500. The number of carboxylic acids is 1. The molecule has 3 aromatic carbocycles. The SMILES string of the molecule is CN(Cc1cc2ccccc2n1CCC(=O)NCCNC(=O)C(O[Si](C)(C)C(C)(C)C)C(O[Si](C)(C)C(C)(C)C)C(=O)NCCC(=O)O)N(C)C(=O)OCC1c2ccccc2-c2ccccc21. The third-order valence-electron chi connectivity index (χ3n) is 13.6. The van der Waals surface area contributed by atoms with Crippen LogP contribution in [0.1, 0.15) is 77.1 Å². The third-order valence-corrected chi connectivity index (χ3v) is 22.5. The molecule has 2 atom stereocenters. The van der Waals surface area contributed by atoms with Gasteiger partial charge in [-0.3, -0.25) is 19.2 Å². The van der Waals surface area contributed by atoms with Crippen LogP contribution in [0.5, 0.6) is 0 Å². The van der Waals surface area contributed by atoms with Gasteiger partial charge >= 0.3 is 12.1 Å². The van der Waals surface area contributed by atoms with Crippen LogP contribution >= 0.6 is 0 Å². The first-order valence-corrected chi connectivity index (χ1v) is 28.9. The van der Waals surface area contributed by atoms with Gasteiger partial charge in [-0.1, -0.05) is 108 Å². The van der Waals surface area contributed by atoms with Crippen molar-refractivity contribution in [1.82, 2.24) is 30.5 Å². The van der Waals surface area contributed by atoms with Gasteiger partial charge in [-0.2, -0.15) is 0 Å². The van der Waals surface area contributed by atoms with E-state index in [1.165, 1.54) is 5.01 Å². The molecule has 0 fully saturated rings. The van der Waals surface area contributed by atoms with Crippen molar-refractivity contribution in [1.29, 1.82) is 0 Å². The minimum atomic E-state index is -2.69. The van der Waals surface area contributed by atoms with E-state index in [9.17, 15) is 29.1 Å². The summed E-state index contributed by atoms with van der Waals surface area (Å²) in [5.74, 6) is -2.54. The summed E-state index contributed by atoms with van der Waals surface area (Å²) in [6.45, 7) is 21.0. The molecule has 0 saturated carbocycles. The Bertz CT molecular complexity index is 2360. The van der Waals surface area contributed by atoms with Crippen molar-refractivity contribution in [2.75, 3.05) is 40.3 Å². The van der Waals surface area contributed by atoms with Crippen LogP contribution in [-0.4, -0.2) is 119 Å². The molecule has 17 heteroatoms. The van der Waals surface area contributed by atoms with Gasteiger partial charge in [0.05, 0.1) is 13.0 Å². The highest BCUT2D eigenvalue weighted by Crippen LogP contribution is 2.45. The van der Waals surface area contributed by atoms with Crippen LogP contribution in [0, 0.1) is 0 Å². The number of hydrogen-bond donors (Lipinski definition) is 4. The zero-order valence-corrected chi connectivity index (χ0v) is 43.4. The Morgan fingerprint density at radius 2 is 1.19 bits per heavy atom. The van der Waals surface area contributed by atoms with Gasteiger partial charge in [0.15, 0.2) is 28.8 Å². The Kier molecular flexibility index (Phi) is 17.1. The van der Waals surface area contributed by atoms with Gasteiger partial charge in [0.1, 0.15) is 6.61 Å². The van der Waals surface area contributed by atoms with Crippen LogP contribution in [0.3, 0.4) is 0 Å². The van der Waals surface area contributed by atoms with Crippen molar-refractivity contribution in [3.63, 3.8) is 0 Å². The molecule has 1 aromatic heterocycles. The van der Waals surface area contributed by atoms with Crippen LogP contribution in [0.15, 0.2) is 78.9 Å². The Hall–Kier alpha value is -5.34. The number of rotatable bonds is 21. The predicted octanol–water partition coefficient (Wildman–Crippen LogP) is 7.86. The van der Waals surface area contributed by atoms with Gasteiger partial charge < -0.3 is 39.2 Å². The van der Waals surface area contributed by atoms with Gasteiger partial charge in [-0.05, 0) is 76.0 Å². The largest absolute Gasteiger partial charge is 0.481 e. The van der Waals surface area contributed by atoms with Crippen molar-refractivity contribution >= 4 is 57.3 Å². The van der Waals surface area contributed by atoms with E-state index in [1.807, 2.05) is 123 Å². The number of nitrogens with zero attached hydrogens (tertiary/aromatic N) is 3. The topological polar surface area (TPSA) is 181 Å². The van der Waals surface area contributed by atoms with E-state index in [-0.39, 0.29) is 61.0 Å². The van der Waals surface area contributed by atoms with Crippen LogP contribution in [0.25, 0.3) is 22.0 Å². The summed E-state index contributed by atoms with van der Waals surface area (Å²) in [6.07, 6.45) is -3.31. The number of hydrazine groups is 1. The fourth-order valence-corrected chi connectivity index (χ4v) is 9.95. The second-order valence-electron chi connectivity index (χ2n) is 20.4. The zero-order valence-electron chi connectivity index (χ0n) is 41.4. The van der Waals surface area contributed by atoms with Crippen LogP contribution in [0.2, 0.25) is 36.3 Å². The second-order valence-corrected chi connectivity index (χ2v) is 29.9. The molecule has 0 bridgehead atoms. The second kappa shape index (κ2) is 21.7. The molecule has 67 heavy (non-hydrogen) atoms. The van der Waals surface area contributed by atoms with Crippen LogP contribution in [-0.2, 0) is 45.9 Å². The third kappa shape index (κ3) is 13.0. The summed E-state index contributed by atoms with van der Waals surface area (Å²) in [5.41, 5.74) is 6.44. The Labute approximate surface area is 398 Å². The first-order chi connectivity index (χ1) is 31.3. The quantitative estimate of drug-likeness (QED) is 0.0365. The lowest BCUT2D eigenvalue weighted by atomic mass is 9.98. The summed E-state index contributed by atoms with van der Waals surface area (Å²) in [7, 11) is -1.87. The summed E-state index contributed by atoms with van der Waals surface area (Å²) in [5, 5.41) is 21.3. The van der Waals surface area contributed by atoms with Crippen molar-refractivity contribution in [3.05, 3.63) is 95.7 Å². The molecule has 2 unspecified atom stereocenters. The number of carbonyl (C=O) groups excluding carboxylic acids is 4. The highest BCUT2D eigenvalue weighted by molar-refractivity contribution is 6.75. The average Bonchev–Trinajstić information content (AvgIpc) is 3.77. The summed E-state index contributed by atoms with van der Waals surface area (Å²) in [4.78, 5) is 66.1. The number of fused-ring (bicyclic) bond motifs is 4. The lowest BCUT2D eigenvalue weighted by Crippen LogP contribution is -2.60. The number of ether oxygens (including phenoxy) is 1. The molecule has 0 aliphatic heterocycles. The lowest BCUT2D eigenvalue weighted by Gasteiger charge is -2.44. The molecule has 5 rings (SSSR count). The fourth-order valence-electron chi connectivity index (χ4n) is 7.51. The molecule has 1 aliphatic carbocycles. The van der Waals surface area contributed by atoms with Crippen molar-refractivity contribution in [2.24, 2.45) is 0 Å². The number of aryl methyl sites for hydroxylation is 1. The van der Waals surface area contributed by atoms with Crippen molar-refractivity contribution in [3.8, 4) is 11.1 Å². The number of hydrogen-bond acceptors (Lipinski definition) is 9. The number of amides is 4. The number of nitrogens with one attached hydrogen (secondary N) is 3. The summed E-state index contributed by atoms with van der Waals surface area (Å²) >= 11 is 0. The van der Waals surface area contributed by atoms with Gasteiger partial charge in [0.2, 0.25) is 5.91 Å². The molecule has 1 aliphatic rings. The number of aliphatic carboxylic acids is 1. The number of aromatic nitrogens is 1. The minimum absolute atomic E-state index is 0.0556. The standard InChI is InChI=1S/C50H72N6O9Si2/c1-49(2,3)66(9,10)64-44(46(60)52-27-25-43(58)59)45(65-67(11,12)50(4,5)6)47(61)53-29-28-51-42(57)26-30-56-35(31-34-19-13-18-24-41(34)56)32-54(7)55(8)48(62)63-33-40-38-22-16-14-20-36(38)37-21-15-17-23-39(37)40/h13-24,31,40,44-45H,25-30,32-33H2,1-12H3,(H,51,57)(H,52,60)(H,53,61)(H,58,59). The van der Waals surface area contributed by atoms with Gasteiger partial charge in [0.25, 0.3) is 11.8 Å². The van der Waals surface area contributed by atoms with E-state index in [1.54, 1.807) is 12.1 Å². The molecule has 0 radical (unpaired) electrons. The molecule has 4 N–H and O–H groups in total.